The van der Waals surface area contributed by atoms with Gasteiger partial charge in [-0.2, -0.15) is 5.10 Å². The van der Waals surface area contributed by atoms with Crippen molar-refractivity contribution in [2.24, 2.45) is 0 Å². The smallest absolute Gasteiger partial charge is 0.264 e. The van der Waals surface area contributed by atoms with Crippen LogP contribution in [0.5, 0.6) is 0 Å². The molecule has 0 radical (unpaired) electrons. The Hall–Kier alpha value is -4.06. The average Bonchev–Trinajstić information content (AvgIpc) is 3.49. The van der Waals surface area contributed by atoms with Gasteiger partial charge in [0, 0.05) is 56.5 Å². The first-order valence-electron chi connectivity index (χ1n) is 13.3. The summed E-state index contributed by atoms with van der Waals surface area (Å²) in [5.74, 6) is -1.93. The van der Waals surface area contributed by atoms with Gasteiger partial charge in [0.2, 0.25) is 17.7 Å². The summed E-state index contributed by atoms with van der Waals surface area (Å²) in [5, 5.41) is 10.00. The van der Waals surface area contributed by atoms with E-state index < -0.39 is 29.7 Å². The fourth-order valence-corrected chi connectivity index (χ4v) is 5.39. The number of nitrogens with one attached hydrogen (secondary N) is 2. The van der Waals surface area contributed by atoms with Gasteiger partial charge in [-0.1, -0.05) is 6.07 Å². The molecule has 12 nitrogen and oxygen atoms in total. The van der Waals surface area contributed by atoms with E-state index in [-0.39, 0.29) is 35.9 Å². The van der Waals surface area contributed by atoms with Crippen LogP contribution in [-0.2, 0) is 20.9 Å². The molecule has 5 amide bonds. The number of carbonyl (C=O) groups is 5. The number of likely N-dealkylation sites (tertiary alicyclic amines) is 1. The monoisotopic (exact) mass is 535 g/mol. The second-order valence-electron chi connectivity index (χ2n) is 10.5. The lowest BCUT2D eigenvalue weighted by molar-refractivity contribution is -0.136. The summed E-state index contributed by atoms with van der Waals surface area (Å²) >= 11 is 0. The van der Waals surface area contributed by atoms with Crippen LogP contribution in [0.15, 0.2) is 30.6 Å². The van der Waals surface area contributed by atoms with Crippen molar-refractivity contribution in [3.8, 4) is 0 Å². The van der Waals surface area contributed by atoms with E-state index >= 15 is 0 Å². The highest BCUT2D eigenvalue weighted by Crippen LogP contribution is 2.32. The van der Waals surface area contributed by atoms with E-state index in [1.54, 1.807) is 24.4 Å². The van der Waals surface area contributed by atoms with E-state index in [9.17, 15) is 24.0 Å². The fourth-order valence-electron chi connectivity index (χ4n) is 5.39. The van der Waals surface area contributed by atoms with Crippen molar-refractivity contribution < 1.29 is 24.0 Å². The summed E-state index contributed by atoms with van der Waals surface area (Å²) in [6.07, 6.45) is 6.12. The number of rotatable bonds is 8. The number of imide groups is 2. The molecule has 5 rings (SSSR count). The lowest BCUT2D eigenvalue weighted by Crippen LogP contribution is -2.54. The third-order valence-corrected chi connectivity index (χ3v) is 7.57. The zero-order chi connectivity index (χ0) is 27.7. The van der Waals surface area contributed by atoms with Crippen molar-refractivity contribution >= 4 is 35.2 Å². The molecule has 1 atom stereocenters. The number of piperidine rings is 2. The molecule has 0 aliphatic carbocycles. The number of hydrogen-bond donors (Lipinski definition) is 2. The number of anilines is 1. The third kappa shape index (κ3) is 5.42. The Labute approximate surface area is 226 Å². The Kier molecular flexibility index (Phi) is 7.47. The summed E-state index contributed by atoms with van der Waals surface area (Å²) in [6.45, 7) is 2.55. The number of benzene rings is 1. The Morgan fingerprint density at radius 2 is 1.87 bits per heavy atom. The zero-order valence-corrected chi connectivity index (χ0v) is 22.2. The largest absolute Gasteiger partial charge is 0.380 e. The van der Waals surface area contributed by atoms with Gasteiger partial charge in [0.15, 0.2) is 0 Å². The molecule has 2 fully saturated rings. The summed E-state index contributed by atoms with van der Waals surface area (Å²) in [7, 11) is 3.92. The Balaban J connectivity index is 1.20. The summed E-state index contributed by atoms with van der Waals surface area (Å²) in [6, 6.07) is 4.19. The van der Waals surface area contributed by atoms with Crippen LogP contribution in [-0.4, -0.2) is 93.8 Å². The molecule has 1 aromatic heterocycles. The normalized spacial score (nSPS) is 20.0. The van der Waals surface area contributed by atoms with Gasteiger partial charge in [0.1, 0.15) is 6.04 Å². The maximum atomic E-state index is 13.3. The molecule has 2 aromatic rings. The predicted molar refractivity (Wildman–Crippen MR) is 141 cm³/mol. The van der Waals surface area contributed by atoms with Crippen LogP contribution < -0.4 is 10.6 Å². The topological polar surface area (TPSA) is 137 Å². The minimum atomic E-state index is -1.00. The highest BCUT2D eigenvalue weighted by atomic mass is 16.2. The van der Waals surface area contributed by atoms with Gasteiger partial charge in [-0.25, -0.2) is 0 Å². The van der Waals surface area contributed by atoms with Gasteiger partial charge < -0.3 is 15.1 Å². The Morgan fingerprint density at radius 3 is 2.59 bits per heavy atom. The predicted octanol–water partition coefficient (Wildman–Crippen LogP) is 1.01. The molecule has 3 aliphatic heterocycles. The minimum absolute atomic E-state index is 0.0741. The molecular weight excluding hydrogens is 502 g/mol. The summed E-state index contributed by atoms with van der Waals surface area (Å²) in [5.41, 5.74) is 1.87. The van der Waals surface area contributed by atoms with Crippen molar-refractivity contribution in [2.45, 2.75) is 50.7 Å². The van der Waals surface area contributed by atoms with Gasteiger partial charge in [-0.15, -0.1) is 0 Å². The van der Waals surface area contributed by atoms with Crippen molar-refractivity contribution in [3.63, 3.8) is 0 Å². The van der Waals surface area contributed by atoms with Crippen LogP contribution in [0.25, 0.3) is 0 Å². The van der Waals surface area contributed by atoms with Gasteiger partial charge in [0.05, 0.1) is 23.4 Å². The lowest BCUT2D eigenvalue weighted by Gasteiger charge is -2.32. The maximum absolute atomic E-state index is 13.3. The Morgan fingerprint density at radius 1 is 1.10 bits per heavy atom. The SMILES string of the molecule is CN(C)CCC(=O)N1CCC(n2cc(CNc3cccc4c3C(=O)N(C3CCC(=O)NC3=O)C4=O)cn2)CC1. The van der Waals surface area contributed by atoms with Gasteiger partial charge in [-0.05, 0) is 45.5 Å². The average molecular weight is 536 g/mol. The van der Waals surface area contributed by atoms with Gasteiger partial charge in [-0.3, -0.25) is 38.9 Å². The fraction of sp³-hybridized carbons (Fsp3) is 0.481. The molecule has 2 saturated heterocycles. The first-order chi connectivity index (χ1) is 18.7. The van der Waals surface area contributed by atoms with E-state index in [4.69, 9.17) is 0 Å². The standard InChI is InChI=1S/C27H33N7O5/c1-31(2)11-10-23(36)32-12-8-18(9-13-32)33-16-17(15-29-33)14-28-20-5-3-4-19-24(20)27(39)34(26(19)38)21-6-7-22(35)30-25(21)37/h3-5,15-16,18,21,28H,6-14H2,1-2H3,(H,30,35,37). The number of nitrogens with zero attached hydrogens (tertiary/aromatic N) is 5. The minimum Gasteiger partial charge on any atom is -0.380 e. The van der Waals surface area contributed by atoms with Crippen LogP contribution in [0.2, 0.25) is 0 Å². The molecule has 0 bridgehead atoms. The van der Waals surface area contributed by atoms with Gasteiger partial charge in [0.25, 0.3) is 11.8 Å². The number of aromatic nitrogens is 2. The molecule has 0 spiro atoms. The Bertz CT molecular complexity index is 1310. The molecule has 0 saturated carbocycles. The second kappa shape index (κ2) is 11.0. The molecule has 1 unspecified atom stereocenters. The third-order valence-electron chi connectivity index (χ3n) is 7.57. The molecule has 2 N–H and O–H groups in total. The molecule has 39 heavy (non-hydrogen) atoms. The van der Waals surface area contributed by atoms with Crippen LogP contribution in [0, 0.1) is 0 Å². The van der Waals surface area contributed by atoms with E-state index in [1.165, 1.54) is 0 Å². The number of carbonyl (C=O) groups excluding carboxylic acids is 5. The van der Waals surface area contributed by atoms with E-state index in [1.807, 2.05) is 34.8 Å². The number of fused-ring (bicyclic) bond motifs is 1. The summed E-state index contributed by atoms with van der Waals surface area (Å²) in [4.78, 5) is 67.5. The van der Waals surface area contributed by atoms with E-state index in [2.05, 4.69) is 15.7 Å². The van der Waals surface area contributed by atoms with Crippen molar-refractivity contribution in [1.29, 1.82) is 0 Å². The van der Waals surface area contributed by atoms with Crippen LogP contribution in [0.1, 0.15) is 64.4 Å². The number of hydrogen-bond acceptors (Lipinski definition) is 8. The molecule has 1 aromatic carbocycles. The maximum Gasteiger partial charge on any atom is 0.264 e. The van der Waals surface area contributed by atoms with Crippen LogP contribution in [0.4, 0.5) is 5.69 Å². The highest BCUT2D eigenvalue weighted by Gasteiger charge is 2.45. The second-order valence-corrected chi connectivity index (χ2v) is 10.5. The highest BCUT2D eigenvalue weighted by molar-refractivity contribution is 6.25. The van der Waals surface area contributed by atoms with E-state index in [0.29, 0.717) is 31.7 Å². The van der Waals surface area contributed by atoms with E-state index in [0.717, 1.165) is 29.8 Å². The quantitative estimate of drug-likeness (QED) is 0.478. The number of amides is 5. The molecule has 12 heteroatoms. The van der Waals surface area contributed by atoms with Crippen molar-refractivity contribution in [1.82, 2.24) is 29.8 Å². The van der Waals surface area contributed by atoms with Crippen molar-refractivity contribution in [2.75, 3.05) is 39.0 Å². The van der Waals surface area contributed by atoms with Gasteiger partial charge >= 0.3 is 0 Å². The lowest BCUT2D eigenvalue weighted by atomic mass is 10.0. The molecule has 4 heterocycles. The first-order valence-corrected chi connectivity index (χ1v) is 13.3. The van der Waals surface area contributed by atoms with Crippen LogP contribution in [0.3, 0.4) is 0 Å². The molecule has 3 aliphatic rings. The zero-order valence-electron chi connectivity index (χ0n) is 22.2. The van der Waals surface area contributed by atoms with Crippen molar-refractivity contribution in [3.05, 3.63) is 47.3 Å². The molecule has 206 valence electrons. The summed E-state index contributed by atoms with van der Waals surface area (Å²) < 4.78 is 1.94. The molecular formula is C27H33N7O5. The van der Waals surface area contributed by atoms with Crippen LogP contribution >= 0.6 is 0 Å². The first kappa shape index (κ1) is 26.5.